The summed E-state index contributed by atoms with van der Waals surface area (Å²) in [5.74, 6) is 0.601. The molecule has 2 N–H and O–H groups in total. The maximum Gasteiger partial charge on any atom is 0.416 e. The first-order valence-electron chi connectivity index (χ1n) is 7.03. The Morgan fingerprint density at radius 3 is 2.48 bits per heavy atom. The predicted octanol–water partition coefficient (Wildman–Crippen LogP) is 3.57. The number of nitrogens with two attached hydrogens (primary N) is 1. The van der Waals surface area contributed by atoms with Crippen LogP contribution in [0.2, 0.25) is 0 Å². The number of benzene rings is 1. The van der Waals surface area contributed by atoms with Crippen molar-refractivity contribution in [2.45, 2.75) is 49.1 Å². The van der Waals surface area contributed by atoms with E-state index in [2.05, 4.69) is 6.92 Å². The fraction of sp³-hybridized carbons (Fsp3) is 0.600. The molecule has 6 heteroatoms. The summed E-state index contributed by atoms with van der Waals surface area (Å²) in [5, 5.41) is -0.287. The zero-order valence-corrected chi connectivity index (χ0v) is 12.9. The lowest BCUT2D eigenvalue weighted by Gasteiger charge is -2.37. The fourth-order valence-corrected chi connectivity index (χ4v) is 4.94. The zero-order chi connectivity index (χ0) is 15.8. The summed E-state index contributed by atoms with van der Waals surface area (Å²) < 4.78 is 50.9. The van der Waals surface area contributed by atoms with E-state index in [0.29, 0.717) is 5.92 Å². The van der Waals surface area contributed by atoms with Crippen molar-refractivity contribution in [1.29, 1.82) is 0 Å². The molecule has 118 valence electrons. The number of halogens is 3. The van der Waals surface area contributed by atoms with Crippen LogP contribution in [0.4, 0.5) is 13.2 Å². The van der Waals surface area contributed by atoms with E-state index in [9.17, 15) is 17.4 Å². The third-order valence-electron chi connectivity index (χ3n) is 4.07. The molecule has 1 fully saturated rings. The first-order valence-corrected chi connectivity index (χ1v) is 8.25. The molecule has 5 atom stereocenters. The molecule has 0 heterocycles. The van der Waals surface area contributed by atoms with Crippen LogP contribution < -0.4 is 5.73 Å². The Bertz CT molecular complexity index is 520. The maximum atomic E-state index is 12.8. The van der Waals surface area contributed by atoms with Crippen LogP contribution in [-0.4, -0.2) is 15.5 Å². The van der Waals surface area contributed by atoms with Crippen LogP contribution in [0.25, 0.3) is 0 Å². The monoisotopic (exact) mass is 319 g/mol. The summed E-state index contributed by atoms with van der Waals surface area (Å²) in [7, 11) is -1.52. The van der Waals surface area contributed by atoms with Crippen LogP contribution in [0.3, 0.4) is 0 Å². The minimum Gasteiger partial charge on any atom is -0.327 e. The molecule has 5 unspecified atom stereocenters. The van der Waals surface area contributed by atoms with Gasteiger partial charge in [0.1, 0.15) is 0 Å². The van der Waals surface area contributed by atoms with Crippen molar-refractivity contribution in [2.24, 2.45) is 17.6 Å². The molecular weight excluding hydrogens is 299 g/mol. The molecule has 0 aromatic heterocycles. The van der Waals surface area contributed by atoms with E-state index in [0.717, 1.165) is 25.0 Å². The highest BCUT2D eigenvalue weighted by Crippen LogP contribution is 2.35. The van der Waals surface area contributed by atoms with Crippen molar-refractivity contribution in [1.82, 2.24) is 0 Å². The van der Waals surface area contributed by atoms with E-state index in [-0.39, 0.29) is 22.1 Å². The molecule has 1 aliphatic rings. The standard InChI is InChI=1S/C15H20F3NOS/c1-9-6-10(2)14(13(19)7-9)21(20)12-5-3-4-11(8-12)15(16,17)18/h3-5,8-10,13-14H,6-7,19H2,1-2H3. The summed E-state index contributed by atoms with van der Waals surface area (Å²) >= 11 is 0. The van der Waals surface area contributed by atoms with Gasteiger partial charge in [-0.15, -0.1) is 0 Å². The first kappa shape index (κ1) is 16.5. The molecule has 0 spiro atoms. The third-order valence-corrected chi connectivity index (χ3v) is 6.10. The Kier molecular flexibility index (Phi) is 4.78. The Balaban J connectivity index is 2.28. The maximum absolute atomic E-state index is 12.8. The Labute approximate surface area is 125 Å². The van der Waals surface area contributed by atoms with Gasteiger partial charge in [-0.2, -0.15) is 13.2 Å². The van der Waals surface area contributed by atoms with E-state index >= 15 is 0 Å². The molecule has 2 nitrogen and oxygen atoms in total. The smallest absolute Gasteiger partial charge is 0.327 e. The Hall–Kier alpha value is -0.880. The molecule has 0 saturated heterocycles. The quantitative estimate of drug-likeness (QED) is 0.905. The van der Waals surface area contributed by atoms with Crippen LogP contribution in [0.1, 0.15) is 32.3 Å². The molecular formula is C15H20F3NOS. The van der Waals surface area contributed by atoms with Crippen molar-refractivity contribution < 1.29 is 17.4 Å². The summed E-state index contributed by atoms with van der Waals surface area (Å²) in [6.45, 7) is 4.07. The van der Waals surface area contributed by atoms with Crippen LogP contribution in [0.5, 0.6) is 0 Å². The molecule has 1 saturated carbocycles. The number of hydrogen-bond acceptors (Lipinski definition) is 2. The molecule has 1 aromatic carbocycles. The van der Waals surface area contributed by atoms with E-state index < -0.39 is 22.5 Å². The highest BCUT2D eigenvalue weighted by molar-refractivity contribution is 7.85. The van der Waals surface area contributed by atoms with Gasteiger partial charge in [0.25, 0.3) is 0 Å². The fourth-order valence-electron chi connectivity index (χ4n) is 3.21. The number of rotatable bonds is 2. The van der Waals surface area contributed by atoms with Crippen molar-refractivity contribution in [3.05, 3.63) is 29.8 Å². The minimum absolute atomic E-state index is 0.138. The molecule has 0 aliphatic heterocycles. The SMILES string of the molecule is CC1CC(C)C(S(=O)c2cccc(C(F)(F)F)c2)C(N)C1. The molecule has 0 bridgehead atoms. The van der Waals surface area contributed by atoms with Gasteiger partial charge in [-0.25, -0.2) is 0 Å². The first-order chi connectivity index (χ1) is 9.70. The Morgan fingerprint density at radius 1 is 1.24 bits per heavy atom. The summed E-state index contributed by atoms with van der Waals surface area (Å²) in [4.78, 5) is 0.215. The molecule has 21 heavy (non-hydrogen) atoms. The second kappa shape index (κ2) is 6.08. The van der Waals surface area contributed by atoms with Gasteiger partial charge in [-0.05, 0) is 42.9 Å². The normalized spacial score (nSPS) is 31.9. The lowest BCUT2D eigenvalue weighted by molar-refractivity contribution is -0.137. The second-order valence-electron chi connectivity index (χ2n) is 6.01. The van der Waals surface area contributed by atoms with Crippen molar-refractivity contribution >= 4 is 10.8 Å². The van der Waals surface area contributed by atoms with Gasteiger partial charge >= 0.3 is 6.18 Å². The second-order valence-corrected chi connectivity index (χ2v) is 7.62. The van der Waals surface area contributed by atoms with E-state index in [1.54, 1.807) is 0 Å². The summed E-state index contributed by atoms with van der Waals surface area (Å²) in [6, 6.07) is 4.53. The van der Waals surface area contributed by atoms with E-state index in [1.165, 1.54) is 12.1 Å². The lowest BCUT2D eigenvalue weighted by atomic mass is 9.80. The molecule has 0 amide bonds. The van der Waals surface area contributed by atoms with Gasteiger partial charge in [-0.3, -0.25) is 4.21 Å². The average molecular weight is 319 g/mol. The van der Waals surface area contributed by atoms with Gasteiger partial charge in [-0.1, -0.05) is 19.9 Å². The largest absolute Gasteiger partial charge is 0.416 e. The number of alkyl halides is 3. The van der Waals surface area contributed by atoms with Crippen LogP contribution in [0, 0.1) is 11.8 Å². The van der Waals surface area contributed by atoms with Crippen molar-refractivity contribution in [3.63, 3.8) is 0 Å². The van der Waals surface area contributed by atoms with Crippen molar-refractivity contribution in [3.8, 4) is 0 Å². The van der Waals surface area contributed by atoms with Crippen LogP contribution in [-0.2, 0) is 17.0 Å². The van der Waals surface area contributed by atoms with Gasteiger partial charge in [0, 0.05) is 10.9 Å². The van der Waals surface area contributed by atoms with Crippen LogP contribution in [0.15, 0.2) is 29.2 Å². The molecule has 1 aromatic rings. The highest BCUT2D eigenvalue weighted by atomic mass is 32.2. The minimum atomic E-state index is -4.42. The molecule has 1 aliphatic carbocycles. The summed E-state index contributed by atoms with van der Waals surface area (Å²) in [5.41, 5.74) is 5.34. The summed E-state index contributed by atoms with van der Waals surface area (Å²) in [6.07, 6.45) is -2.75. The van der Waals surface area contributed by atoms with E-state index in [4.69, 9.17) is 5.73 Å². The topological polar surface area (TPSA) is 43.1 Å². The average Bonchev–Trinajstić information content (AvgIpc) is 2.36. The van der Waals surface area contributed by atoms with Gasteiger partial charge in [0.15, 0.2) is 0 Å². The van der Waals surface area contributed by atoms with Crippen molar-refractivity contribution in [2.75, 3.05) is 0 Å². The predicted molar refractivity (Wildman–Crippen MR) is 77.2 cm³/mol. The zero-order valence-electron chi connectivity index (χ0n) is 12.1. The Morgan fingerprint density at radius 2 is 1.90 bits per heavy atom. The third kappa shape index (κ3) is 3.66. The van der Waals surface area contributed by atoms with Crippen LogP contribution >= 0.6 is 0 Å². The molecule has 2 rings (SSSR count). The van der Waals surface area contributed by atoms with Gasteiger partial charge < -0.3 is 5.73 Å². The van der Waals surface area contributed by atoms with Gasteiger partial charge in [0.2, 0.25) is 0 Å². The highest BCUT2D eigenvalue weighted by Gasteiger charge is 2.37. The molecule has 0 radical (unpaired) electrons. The number of hydrogen-bond donors (Lipinski definition) is 1. The lowest BCUT2D eigenvalue weighted by Crippen LogP contribution is -2.47. The van der Waals surface area contributed by atoms with E-state index in [1.807, 2.05) is 6.92 Å². The van der Waals surface area contributed by atoms with Gasteiger partial charge in [0.05, 0.1) is 21.6 Å².